The third-order valence-corrected chi connectivity index (χ3v) is 4.34. The predicted octanol–water partition coefficient (Wildman–Crippen LogP) is 4.03. The molecule has 24 heavy (non-hydrogen) atoms. The Labute approximate surface area is 142 Å². The number of nitrogens with two attached hydrogens (primary N) is 1. The first-order chi connectivity index (χ1) is 11.1. The molecule has 0 spiro atoms. The molecule has 2 rings (SSSR count). The lowest BCUT2D eigenvalue weighted by Gasteiger charge is -2.26. The highest BCUT2D eigenvalue weighted by atomic mass is 32.2. The van der Waals surface area contributed by atoms with Gasteiger partial charge in [0.15, 0.2) is 5.17 Å². The maximum atomic E-state index is 13.3. The first kappa shape index (κ1) is 18.4. The van der Waals surface area contributed by atoms with Crippen LogP contribution in [0.4, 0.5) is 13.2 Å². The minimum Gasteiger partial charge on any atom is -0.460 e. The number of rotatable bonds is 3. The fourth-order valence-electron chi connectivity index (χ4n) is 2.36. The number of ether oxygens (including phenoxy) is 1. The number of hydrogen-bond acceptors (Lipinski definition) is 5. The van der Waals surface area contributed by atoms with Crippen molar-refractivity contribution in [3.05, 3.63) is 46.7 Å². The van der Waals surface area contributed by atoms with Gasteiger partial charge in [0.25, 0.3) is 0 Å². The number of alkyl halides is 3. The van der Waals surface area contributed by atoms with E-state index in [1.165, 1.54) is 25.1 Å². The summed E-state index contributed by atoms with van der Waals surface area (Å²) in [7, 11) is 0. The summed E-state index contributed by atoms with van der Waals surface area (Å²) in [6.45, 7) is 4.87. The zero-order valence-corrected chi connectivity index (χ0v) is 14.2. The number of carbonyl (C=O) groups excluding carboxylic acids is 1. The number of benzene rings is 1. The minimum atomic E-state index is -4.54. The van der Waals surface area contributed by atoms with Crippen molar-refractivity contribution in [2.24, 2.45) is 10.7 Å². The Morgan fingerprint density at radius 3 is 2.54 bits per heavy atom. The van der Waals surface area contributed by atoms with Gasteiger partial charge in [-0.3, -0.25) is 0 Å². The van der Waals surface area contributed by atoms with Gasteiger partial charge in [-0.25, -0.2) is 9.79 Å². The molecule has 0 saturated carbocycles. The van der Waals surface area contributed by atoms with Crippen molar-refractivity contribution in [1.29, 1.82) is 0 Å². The molecule has 130 valence electrons. The molecule has 1 aromatic rings. The predicted molar refractivity (Wildman–Crippen MR) is 87.3 cm³/mol. The van der Waals surface area contributed by atoms with Crippen LogP contribution in [0.15, 0.2) is 40.5 Å². The molecular formula is C16H17F3N2O2S. The molecule has 4 nitrogen and oxygen atoms in total. The summed E-state index contributed by atoms with van der Waals surface area (Å²) in [6, 6.07) is 5.13. The summed E-state index contributed by atoms with van der Waals surface area (Å²) in [5.74, 6) is -0.687. The van der Waals surface area contributed by atoms with Crippen LogP contribution in [0, 0.1) is 0 Å². The fraction of sp³-hybridized carbons (Fsp3) is 0.375. The summed E-state index contributed by atoms with van der Waals surface area (Å²) in [4.78, 5) is 16.4. The highest BCUT2D eigenvalue weighted by molar-refractivity contribution is 8.14. The highest BCUT2D eigenvalue weighted by Gasteiger charge is 2.39. The molecule has 1 aromatic carbocycles. The average Bonchev–Trinajstić information content (AvgIpc) is 2.44. The number of hydrogen-bond donors (Lipinski definition) is 1. The molecule has 0 amide bonds. The second kappa shape index (κ2) is 6.88. The van der Waals surface area contributed by atoms with Crippen LogP contribution in [0.2, 0.25) is 0 Å². The van der Waals surface area contributed by atoms with E-state index in [0.717, 1.165) is 17.8 Å². The summed E-state index contributed by atoms with van der Waals surface area (Å²) in [6.07, 6.45) is -4.94. The molecule has 0 fully saturated rings. The quantitative estimate of drug-likeness (QED) is 0.829. The molecule has 0 unspecified atom stereocenters. The van der Waals surface area contributed by atoms with Crippen molar-refractivity contribution in [2.75, 3.05) is 0 Å². The zero-order valence-electron chi connectivity index (χ0n) is 13.3. The maximum Gasteiger partial charge on any atom is 0.416 e. The van der Waals surface area contributed by atoms with Gasteiger partial charge in [-0.1, -0.05) is 30.0 Å². The molecule has 1 aliphatic heterocycles. The van der Waals surface area contributed by atoms with Crippen LogP contribution in [0.5, 0.6) is 0 Å². The van der Waals surface area contributed by atoms with E-state index in [2.05, 4.69) is 4.99 Å². The number of aliphatic imine (C=N–C) groups is 1. The van der Waals surface area contributed by atoms with Gasteiger partial charge in [0.05, 0.1) is 28.2 Å². The summed E-state index contributed by atoms with van der Waals surface area (Å²) in [5, 5.41) is -0.817. The van der Waals surface area contributed by atoms with Crippen LogP contribution in [-0.2, 0) is 15.7 Å². The average molecular weight is 358 g/mol. The van der Waals surface area contributed by atoms with Crippen LogP contribution in [0.3, 0.4) is 0 Å². The molecule has 0 radical (unpaired) electrons. The number of thioether (sulfide) groups is 1. The Morgan fingerprint density at radius 2 is 1.96 bits per heavy atom. The van der Waals surface area contributed by atoms with Crippen LogP contribution >= 0.6 is 11.8 Å². The van der Waals surface area contributed by atoms with E-state index in [-0.39, 0.29) is 22.0 Å². The van der Waals surface area contributed by atoms with Gasteiger partial charge in [0, 0.05) is 0 Å². The van der Waals surface area contributed by atoms with E-state index in [0.29, 0.717) is 0 Å². The van der Waals surface area contributed by atoms with E-state index in [4.69, 9.17) is 10.5 Å². The molecule has 0 aromatic heterocycles. The number of amidine groups is 1. The topological polar surface area (TPSA) is 64.7 Å². The molecule has 0 saturated heterocycles. The van der Waals surface area contributed by atoms with Crippen LogP contribution in [0.25, 0.3) is 0 Å². The van der Waals surface area contributed by atoms with Crippen molar-refractivity contribution in [1.82, 2.24) is 0 Å². The number of esters is 1. The largest absolute Gasteiger partial charge is 0.460 e. The SMILES string of the molecule is CC1=C(C(=O)OC(C)C)[C@@H](c2ccccc2C(F)(F)F)SC(N)=N1. The molecule has 0 aliphatic carbocycles. The van der Waals surface area contributed by atoms with E-state index in [9.17, 15) is 18.0 Å². The van der Waals surface area contributed by atoms with Crippen molar-refractivity contribution in [3.8, 4) is 0 Å². The number of halogens is 3. The fourth-order valence-corrected chi connectivity index (χ4v) is 3.50. The maximum absolute atomic E-state index is 13.3. The number of allylic oxidation sites excluding steroid dienone is 1. The normalized spacial score (nSPS) is 18.6. The van der Waals surface area contributed by atoms with Crippen LogP contribution in [-0.4, -0.2) is 17.2 Å². The minimum absolute atomic E-state index is 0.0390. The Bertz CT molecular complexity index is 712. The van der Waals surface area contributed by atoms with Gasteiger partial charge in [0.2, 0.25) is 0 Å². The molecule has 0 bridgehead atoms. The summed E-state index contributed by atoms with van der Waals surface area (Å²) in [5.41, 5.74) is 5.22. The van der Waals surface area contributed by atoms with E-state index in [1.807, 2.05) is 0 Å². The van der Waals surface area contributed by atoms with Crippen LogP contribution < -0.4 is 5.73 Å². The number of nitrogens with zero attached hydrogens (tertiary/aromatic N) is 1. The van der Waals surface area contributed by atoms with Gasteiger partial charge in [-0.05, 0) is 32.4 Å². The van der Waals surface area contributed by atoms with Gasteiger partial charge in [0.1, 0.15) is 0 Å². The lowest BCUT2D eigenvalue weighted by Crippen LogP contribution is -2.25. The Hall–Kier alpha value is -1.96. The molecule has 1 atom stereocenters. The first-order valence-corrected chi connectivity index (χ1v) is 8.08. The Morgan fingerprint density at radius 1 is 1.33 bits per heavy atom. The highest BCUT2D eigenvalue weighted by Crippen LogP contribution is 2.46. The van der Waals surface area contributed by atoms with Crippen molar-refractivity contribution in [2.45, 2.75) is 38.3 Å². The molecule has 2 N–H and O–H groups in total. The second-order valence-corrected chi connectivity index (χ2v) is 6.61. The van der Waals surface area contributed by atoms with Crippen molar-refractivity contribution < 1.29 is 22.7 Å². The van der Waals surface area contributed by atoms with E-state index in [1.54, 1.807) is 13.8 Å². The standard InChI is InChI=1S/C16H17F3N2O2S/c1-8(2)23-14(22)12-9(3)21-15(20)24-13(12)10-6-4-5-7-11(10)16(17,18)19/h4-8,13H,1-3H3,(H2,20,21)/t13-/m1/s1. The molecule has 1 aliphatic rings. The summed E-state index contributed by atoms with van der Waals surface area (Å²) >= 11 is 0.906. The van der Waals surface area contributed by atoms with Crippen molar-refractivity contribution >= 4 is 22.9 Å². The zero-order chi connectivity index (χ0) is 18.1. The van der Waals surface area contributed by atoms with Gasteiger partial charge in [-0.2, -0.15) is 13.2 Å². The van der Waals surface area contributed by atoms with Gasteiger partial charge < -0.3 is 10.5 Å². The third-order valence-electron chi connectivity index (χ3n) is 3.28. The van der Waals surface area contributed by atoms with Gasteiger partial charge in [-0.15, -0.1) is 0 Å². The summed E-state index contributed by atoms with van der Waals surface area (Å²) < 4.78 is 45.2. The lowest BCUT2D eigenvalue weighted by atomic mass is 9.97. The van der Waals surface area contributed by atoms with E-state index < -0.39 is 29.1 Å². The smallest absolute Gasteiger partial charge is 0.416 e. The third kappa shape index (κ3) is 3.92. The number of carbonyl (C=O) groups is 1. The molecule has 8 heteroatoms. The Kier molecular flexibility index (Phi) is 5.27. The molecular weight excluding hydrogens is 341 g/mol. The van der Waals surface area contributed by atoms with Gasteiger partial charge >= 0.3 is 12.1 Å². The Balaban J connectivity index is 2.57. The lowest BCUT2D eigenvalue weighted by molar-refractivity contribution is -0.143. The second-order valence-electron chi connectivity index (χ2n) is 5.49. The molecule has 1 heterocycles. The van der Waals surface area contributed by atoms with Crippen molar-refractivity contribution in [3.63, 3.8) is 0 Å². The monoisotopic (exact) mass is 358 g/mol. The first-order valence-electron chi connectivity index (χ1n) is 7.20. The van der Waals surface area contributed by atoms with Crippen LogP contribution in [0.1, 0.15) is 37.1 Å². The van der Waals surface area contributed by atoms with E-state index >= 15 is 0 Å².